The summed E-state index contributed by atoms with van der Waals surface area (Å²) in [5.41, 5.74) is 2.16. The fourth-order valence-corrected chi connectivity index (χ4v) is 5.21. The van der Waals surface area contributed by atoms with E-state index < -0.39 is 24.1 Å². The van der Waals surface area contributed by atoms with Gasteiger partial charge < -0.3 is 19.5 Å². The number of aliphatic carboxylic acids is 1. The van der Waals surface area contributed by atoms with Crippen LogP contribution in [-0.4, -0.2) is 42.2 Å². The molecule has 0 bridgehead atoms. The number of nitrogens with zero attached hydrogens (tertiary/aromatic N) is 1. The van der Waals surface area contributed by atoms with E-state index in [0.29, 0.717) is 23.1 Å². The van der Waals surface area contributed by atoms with E-state index in [4.69, 9.17) is 9.47 Å². The summed E-state index contributed by atoms with van der Waals surface area (Å²) < 4.78 is 52.3. The highest BCUT2D eigenvalue weighted by Crippen LogP contribution is 2.43. The molecule has 1 amide bonds. The van der Waals surface area contributed by atoms with Crippen molar-refractivity contribution in [3.63, 3.8) is 0 Å². The van der Waals surface area contributed by atoms with Crippen molar-refractivity contribution in [2.45, 2.75) is 44.6 Å². The number of halogens is 3. The summed E-state index contributed by atoms with van der Waals surface area (Å²) in [7, 11) is 2.87. The first-order valence-electron chi connectivity index (χ1n) is 12.0. The lowest BCUT2D eigenvalue weighted by atomic mass is 9.92. The monoisotopic (exact) mass is 527 g/mol. The lowest BCUT2D eigenvalue weighted by molar-refractivity contribution is -0.140. The van der Waals surface area contributed by atoms with Gasteiger partial charge in [0, 0.05) is 32.6 Å². The lowest BCUT2D eigenvalue weighted by Gasteiger charge is -2.33. The van der Waals surface area contributed by atoms with Gasteiger partial charge in [-0.1, -0.05) is 48.5 Å². The molecule has 3 aromatic carbocycles. The second-order valence-corrected chi connectivity index (χ2v) is 9.20. The second kappa shape index (κ2) is 10.9. The van der Waals surface area contributed by atoms with Gasteiger partial charge in [-0.2, -0.15) is 13.2 Å². The Morgan fingerprint density at radius 1 is 1.00 bits per heavy atom. The van der Waals surface area contributed by atoms with E-state index >= 15 is 0 Å². The van der Waals surface area contributed by atoms with E-state index in [0.717, 1.165) is 17.2 Å². The average Bonchev–Trinajstić information content (AvgIpc) is 3.24. The largest absolute Gasteiger partial charge is 0.496 e. The van der Waals surface area contributed by atoms with Gasteiger partial charge in [0.15, 0.2) is 0 Å². The molecule has 1 aliphatic rings. The number of methoxy groups -OCH3 is 2. The Labute approximate surface area is 218 Å². The number of rotatable bonds is 8. The summed E-state index contributed by atoms with van der Waals surface area (Å²) >= 11 is 0. The van der Waals surface area contributed by atoms with Crippen LogP contribution in [0.1, 0.15) is 40.8 Å². The van der Waals surface area contributed by atoms with E-state index in [1.165, 1.54) is 20.1 Å². The van der Waals surface area contributed by atoms with Gasteiger partial charge in [0.05, 0.1) is 31.2 Å². The Morgan fingerprint density at radius 2 is 1.68 bits per heavy atom. The van der Waals surface area contributed by atoms with Crippen LogP contribution in [0.5, 0.6) is 5.75 Å². The van der Waals surface area contributed by atoms with Gasteiger partial charge >= 0.3 is 12.1 Å². The van der Waals surface area contributed by atoms with Crippen molar-refractivity contribution in [2.24, 2.45) is 0 Å². The first-order chi connectivity index (χ1) is 18.0. The van der Waals surface area contributed by atoms with Crippen molar-refractivity contribution in [1.82, 2.24) is 4.90 Å². The van der Waals surface area contributed by atoms with Crippen LogP contribution in [0, 0.1) is 0 Å². The zero-order valence-corrected chi connectivity index (χ0v) is 21.2. The Hall–Kier alpha value is -3.85. The maximum Gasteiger partial charge on any atom is 0.416 e. The molecule has 2 atom stereocenters. The first kappa shape index (κ1) is 27.2. The highest BCUT2D eigenvalue weighted by Gasteiger charge is 2.39. The predicted molar refractivity (Wildman–Crippen MR) is 135 cm³/mol. The van der Waals surface area contributed by atoms with Crippen LogP contribution in [0.15, 0.2) is 60.7 Å². The van der Waals surface area contributed by atoms with Gasteiger partial charge in [-0.3, -0.25) is 9.59 Å². The minimum Gasteiger partial charge on any atom is -0.496 e. The molecular formula is C29H28F3NO5. The third-order valence-electron chi connectivity index (χ3n) is 6.91. The molecule has 0 unspecified atom stereocenters. The molecule has 0 radical (unpaired) electrons. The molecule has 38 heavy (non-hydrogen) atoms. The van der Waals surface area contributed by atoms with Crippen molar-refractivity contribution in [2.75, 3.05) is 14.2 Å². The minimum atomic E-state index is -4.76. The number of ether oxygens (including phenoxy) is 2. The number of carbonyl (C=O) groups is 2. The SMILES string of the molecule is COc1cc(C(F)(F)F)c(CC(=O)O)cc1-c1ccccc1CN(C(C)=O)[C@@H]1c2ccccc2C[C@@H]1OC. The molecule has 4 rings (SSSR count). The van der Waals surface area contributed by atoms with Crippen LogP contribution in [0.25, 0.3) is 11.1 Å². The molecule has 0 fully saturated rings. The Morgan fingerprint density at radius 3 is 2.32 bits per heavy atom. The molecule has 1 N–H and O–H groups in total. The lowest BCUT2D eigenvalue weighted by Crippen LogP contribution is -2.38. The Balaban J connectivity index is 1.82. The van der Waals surface area contributed by atoms with Crippen LogP contribution in [0.3, 0.4) is 0 Å². The number of fused-ring (bicyclic) bond motifs is 1. The smallest absolute Gasteiger partial charge is 0.416 e. The molecule has 9 heteroatoms. The fraction of sp³-hybridized carbons (Fsp3) is 0.310. The third kappa shape index (κ3) is 5.38. The molecule has 3 aromatic rings. The normalized spacial score (nSPS) is 16.7. The van der Waals surface area contributed by atoms with Gasteiger partial charge in [-0.25, -0.2) is 0 Å². The van der Waals surface area contributed by atoms with E-state index in [-0.39, 0.29) is 35.9 Å². The first-order valence-corrected chi connectivity index (χ1v) is 12.0. The molecule has 0 heterocycles. The summed E-state index contributed by atoms with van der Waals surface area (Å²) in [6, 6.07) is 16.6. The van der Waals surface area contributed by atoms with Gasteiger partial charge in [-0.05, 0) is 39.9 Å². The van der Waals surface area contributed by atoms with E-state index in [1.54, 1.807) is 36.3 Å². The van der Waals surface area contributed by atoms with E-state index in [1.807, 2.05) is 24.3 Å². The number of hydrogen-bond acceptors (Lipinski definition) is 4. The number of carboxylic acid groups (broad SMARTS) is 1. The Bertz CT molecular complexity index is 1350. The highest BCUT2D eigenvalue weighted by molar-refractivity contribution is 5.79. The molecule has 0 saturated heterocycles. The maximum atomic E-state index is 13.7. The minimum absolute atomic E-state index is 0.0470. The van der Waals surface area contributed by atoms with Crippen molar-refractivity contribution in [3.05, 3.63) is 88.5 Å². The Kier molecular flexibility index (Phi) is 7.78. The standard InChI is InChI=1S/C29H28F3NO5/c1-17(34)33(28-22-11-7-4-8-18(22)13-26(28)38-3)16-19-9-5-6-10-21(19)23-12-20(14-27(35)36)24(29(30,31)32)15-25(23)37-2/h4-12,15,26,28H,13-14,16H2,1-3H3,(H,35,36)/t26-,28+/m0/s1. The van der Waals surface area contributed by atoms with E-state index in [2.05, 4.69) is 0 Å². The van der Waals surface area contributed by atoms with Gasteiger partial charge in [0.1, 0.15) is 5.75 Å². The number of amides is 1. The highest BCUT2D eigenvalue weighted by atomic mass is 19.4. The summed E-state index contributed by atoms with van der Waals surface area (Å²) in [5, 5.41) is 9.27. The third-order valence-corrected chi connectivity index (χ3v) is 6.91. The summed E-state index contributed by atoms with van der Waals surface area (Å²) in [4.78, 5) is 26.1. The summed E-state index contributed by atoms with van der Waals surface area (Å²) in [6.07, 6.45) is -5.17. The predicted octanol–water partition coefficient (Wildman–Crippen LogP) is 5.67. The number of carboxylic acids is 1. The van der Waals surface area contributed by atoms with Gasteiger partial charge in [0.25, 0.3) is 0 Å². The fourth-order valence-electron chi connectivity index (χ4n) is 5.21. The quantitative estimate of drug-likeness (QED) is 0.409. The molecular weight excluding hydrogens is 499 g/mol. The zero-order valence-electron chi connectivity index (χ0n) is 21.2. The molecule has 0 aliphatic heterocycles. The van der Waals surface area contributed by atoms with Crippen LogP contribution in [0.4, 0.5) is 13.2 Å². The summed E-state index contributed by atoms with van der Waals surface area (Å²) in [6.45, 7) is 1.63. The van der Waals surface area contributed by atoms with Crippen LogP contribution in [0.2, 0.25) is 0 Å². The molecule has 0 spiro atoms. The van der Waals surface area contributed by atoms with Crippen molar-refractivity contribution in [1.29, 1.82) is 0 Å². The average molecular weight is 528 g/mol. The van der Waals surface area contributed by atoms with Crippen molar-refractivity contribution >= 4 is 11.9 Å². The maximum absolute atomic E-state index is 13.7. The molecule has 0 aromatic heterocycles. The molecule has 1 aliphatic carbocycles. The number of hydrogen-bond donors (Lipinski definition) is 1. The topological polar surface area (TPSA) is 76.1 Å². The van der Waals surface area contributed by atoms with Gasteiger partial charge in [0.2, 0.25) is 5.91 Å². The van der Waals surface area contributed by atoms with Crippen LogP contribution in [-0.2, 0) is 39.9 Å². The summed E-state index contributed by atoms with van der Waals surface area (Å²) in [5.74, 6) is -1.61. The van der Waals surface area contributed by atoms with Gasteiger partial charge in [-0.15, -0.1) is 0 Å². The zero-order chi connectivity index (χ0) is 27.6. The second-order valence-electron chi connectivity index (χ2n) is 9.20. The van der Waals surface area contributed by atoms with Crippen LogP contribution < -0.4 is 4.74 Å². The molecule has 6 nitrogen and oxygen atoms in total. The van der Waals surface area contributed by atoms with Crippen LogP contribution >= 0.6 is 0 Å². The van der Waals surface area contributed by atoms with E-state index in [9.17, 15) is 27.9 Å². The van der Waals surface area contributed by atoms with Crippen molar-refractivity contribution in [3.8, 4) is 16.9 Å². The molecule has 0 saturated carbocycles. The number of carbonyl (C=O) groups excluding carboxylic acids is 1. The van der Waals surface area contributed by atoms with Crippen molar-refractivity contribution < 1.29 is 37.3 Å². The number of benzene rings is 3. The number of alkyl halides is 3. The molecule has 200 valence electrons.